The molecule has 0 aliphatic carbocycles. The van der Waals surface area contributed by atoms with Gasteiger partial charge in [0.2, 0.25) is 5.91 Å². The van der Waals surface area contributed by atoms with Crippen molar-refractivity contribution in [3.63, 3.8) is 0 Å². The van der Waals surface area contributed by atoms with Gasteiger partial charge in [0.1, 0.15) is 0 Å². The third-order valence-electron chi connectivity index (χ3n) is 5.57. The van der Waals surface area contributed by atoms with Gasteiger partial charge >= 0.3 is 5.69 Å². The number of benzene rings is 2. The Balaban J connectivity index is 1.85. The number of hydrogen-bond acceptors (Lipinski definition) is 2. The molecule has 5 heteroatoms. The van der Waals surface area contributed by atoms with Crippen molar-refractivity contribution < 1.29 is 4.79 Å². The zero-order valence-electron chi connectivity index (χ0n) is 18.7. The van der Waals surface area contributed by atoms with E-state index in [0.717, 1.165) is 34.3 Å². The van der Waals surface area contributed by atoms with E-state index in [9.17, 15) is 9.59 Å². The molecule has 160 valence electrons. The van der Waals surface area contributed by atoms with Gasteiger partial charge in [-0.1, -0.05) is 65.0 Å². The molecule has 1 heterocycles. The summed E-state index contributed by atoms with van der Waals surface area (Å²) in [4.78, 5) is 25.8. The molecule has 3 rings (SSSR count). The number of imidazole rings is 1. The number of amides is 1. The Bertz CT molecular complexity index is 1060. The maximum absolute atomic E-state index is 12.9. The van der Waals surface area contributed by atoms with E-state index in [4.69, 9.17) is 0 Å². The summed E-state index contributed by atoms with van der Waals surface area (Å²) in [5, 5.41) is 3.15. The highest BCUT2D eigenvalue weighted by Crippen LogP contribution is 2.32. The summed E-state index contributed by atoms with van der Waals surface area (Å²) in [6, 6.07) is 14.0. The molecular weight excluding hydrogens is 374 g/mol. The molecule has 0 atom stereocenters. The van der Waals surface area contributed by atoms with Crippen molar-refractivity contribution in [3.05, 3.63) is 64.1 Å². The summed E-state index contributed by atoms with van der Waals surface area (Å²) in [7, 11) is 0. The maximum Gasteiger partial charge on any atom is 0.329 e. The first-order valence-corrected chi connectivity index (χ1v) is 11.0. The van der Waals surface area contributed by atoms with Gasteiger partial charge in [0.25, 0.3) is 0 Å². The molecule has 3 aromatic rings. The molecule has 30 heavy (non-hydrogen) atoms. The summed E-state index contributed by atoms with van der Waals surface area (Å²) in [5.41, 5.74) is 4.98. The lowest BCUT2D eigenvalue weighted by Gasteiger charge is -2.20. The Morgan fingerprint density at radius 2 is 1.40 bits per heavy atom. The normalized spacial score (nSPS) is 11.6. The van der Waals surface area contributed by atoms with Crippen molar-refractivity contribution in [2.45, 2.75) is 72.4 Å². The average molecular weight is 408 g/mol. The molecule has 1 N–H and O–H groups in total. The van der Waals surface area contributed by atoms with Crippen LogP contribution in [-0.2, 0) is 17.9 Å². The van der Waals surface area contributed by atoms with E-state index in [1.54, 1.807) is 9.13 Å². The number of fused-ring (bicyclic) bond motifs is 1. The number of para-hydroxylation sites is 3. The number of hydrogen-bond donors (Lipinski definition) is 1. The number of nitrogens with one attached hydrogen (secondary N) is 1. The highest BCUT2D eigenvalue weighted by Gasteiger charge is 2.17. The molecule has 0 bridgehead atoms. The minimum absolute atomic E-state index is 0.0451. The number of carbonyl (C=O) groups is 1. The Morgan fingerprint density at radius 1 is 0.867 bits per heavy atom. The first kappa shape index (κ1) is 21.9. The molecule has 0 saturated heterocycles. The van der Waals surface area contributed by atoms with Crippen molar-refractivity contribution in [2.75, 3.05) is 5.32 Å². The molecule has 0 aliphatic heterocycles. The largest absolute Gasteiger partial charge is 0.329 e. The molecular formula is C25H33N3O2. The molecule has 0 aliphatic rings. The number of aryl methyl sites for hydroxylation is 2. The van der Waals surface area contributed by atoms with Crippen LogP contribution < -0.4 is 11.0 Å². The van der Waals surface area contributed by atoms with Gasteiger partial charge in [0.05, 0.1) is 11.0 Å². The molecule has 0 saturated carbocycles. The zero-order valence-corrected chi connectivity index (χ0v) is 18.7. The zero-order chi connectivity index (χ0) is 21.8. The standard InChI is InChI=1S/C25H33N3O2/c1-6-15-27-21-12-7-8-13-22(21)28(25(27)30)16-14-23(29)26-24-19(17(2)3)10-9-11-20(24)18(4)5/h7-13,17-18H,6,14-16H2,1-5H3,(H,26,29). The minimum Gasteiger partial charge on any atom is -0.326 e. The van der Waals surface area contributed by atoms with Crippen LogP contribution in [0.15, 0.2) is 47.3 Å². The van der Waals surface area contributed by atoms with Gasteiger partial charge in [-0.25, -0.2) is 4.79 Å². The predicted octanol–water partition coefficient (Wildman–Crippen LogP) is 5.49. The third kappa shape index (κ3) is 4.35. The number of nitrogens with zero attached hydrogens (tertiary/aromatic N) is 2. The first-order chi connectivity index (χ1) is 14.3. The smallest absolute Gasteiger partial charge is 0.326 e. The molecule has 0 fully saturated rings. The summed E-state index contributed by atoms with van der Waals surface area (Å²) >= 11 is 0. The van der Waals surface area contributed by atoms with Crippen LogP contribution >= 0.6 is 0 Å². The fraction of sp³-hybridized carbons (Fsp3) is 0.440. The van der Waals surface area contributed by atoms with Gasteiger partial charge in [0.15, 0.2) is 0 Å². The summed E-state index contributed by atoms with van der Waals surface area (Å²) < 4.78 is 3.53. The lowest BCUT2D eigenvalue weighted by molar-refractivity contribution is -0.116. The Hall–Kier alpha value is -2.82. The topological polar surface area (TPSA) is 56.0 Å². The second-order valence-electron chi connectivity index (χ2n) is 8.49. The van der Waals surface area contributed by atoms with Crippen molar-refractivity contribution in [2.24, 2.45) is 0 Å². The number of anilines is 1. The predicted molar refractivity (Wildman–Crippen MR) is 124 cm³/mol. The van der Waals surface area contributed by atoms with Gasteiger partial charge < -0.3 is 5.32 Å². The lowest BCUT2D eigenvalue weighted by atomic mass is 9.92. The summed E-state index contributed by atoms with van der Waals surface area (Å²) in [6.45, 7) is 11.6. The monoisotopic (exact) mass is 407 g/mol. The van der Waals surface area contributed by atoms with Gasteiger partial charge in [0, 0.05) is 25.2 Å². The van der Waals surface area contributed by atoms with Crippen LogP contribution in [-0.4, -0.2) is 15.0 Å². The molecule has 2 aromatic carbocycles. The molecule has 0 radical (unpaired) electrons. The third-order valence-corrected chi connectivity index (χ3v) is 5.57. The van der Waals surface area contributed by atoms with Crippen LogP contribution in [0.4, 0.5) is 5.69 Å². The molecule has 5 nitrogen and oxygen atoms in total. The highest BCUT2D eigenvalue weighted by atomic mass is 16.2. The van der Waals surface area contributed by atoms with Crippen molar-refractivity contribution in [1.82, 2.24) is 9.13 Å². The lowest BCUT2D eigenvalue weighted by Crippen LogP contribution is -2.26. The van der Waals surface area contributed by atoms with Crippen molar-refractivity contribution in [3.8, 4) is 0 Å². The Labute approximate surface area is 178 Å². The van der Waals surface area contributed by atoms with Crippen molar-refractivity contribution in [1.29, 1.82) is 0 Å². The van der Waals surface area contributed by atoms with E-state index in [1.165, 1.54) is 0 Å². The fourth-order valence-corrected chi connectivity index (χ4v) is 4.04. The number of aromatic nitrogens is 2. The van der Waals surface area contributed by atoms with Crippen LogP contribution in [0.5, 0.6) is 0 Å². The van der Waals surface area contributed by atoms with E-state index in [-0.39, 0.29) is 18.0 Å². The summed E-state index contributed by atoms with van der Waals surface area (Å²) in [5.74, 6) is 0.562. The van der Waals surface area contributed by atoms with Gasteiger partial charge in [-0.05, 0) is 41.5 Å². The second kappa shape index (κ2) is 9.33. The SMILES string of the molecule is CCCn1c(=O)n(CCC(=O)Nc2c(C(C)C)cccc2C(C)C)c2ccccc21. The quantitative estimate of drug-likeness (QED) is 0.537. The van der Waals surface area contributed by atoms with Crippen LogP contribution in [0.25, 0.3) is 11.0 Å². The van der Waals surface area contributed by atoms with E-state index >= 15 is 0 Å². The molecule has 1 aromatic heterocycles. The number of rotatable bonds is 8. The van der Waals surface area contributed by atoms with Gasteiger partial charge in [-0.15, -0.1) is 0 Å². The van der Waals surface area contributed by atoms with E-state index in [2.05, 4.69) is 58.1 Å². The van der Waals surface area contributed by atoms with Crippen LogP contribution in [0.3, 0.4) is 0 Å². The van der Waals surface area contributed by atoms with Gasteiger partial charge in [-0.2, -0.15) is 0 Å². The maximum atomic E-state index is 12.9. The minimum atomic E-state index is -0.0655. The van der Waals surface area contributed by atoms with Crippen LogP contribution in [0.1, 0.15) is 70.4 Å². The Morgan fingerprint density at radius 3 is 1.90 bits per heavy atom. The average Bonchev–Trinajstić information content (AvgIpc) is 2.98. The van der Waals surface area contributed by atoms with E-state index in [0.29, 0.717) is 24.9 Å². The van der Waals surface area contributed by atoms with Crippen LogP contribution in [0.2, 0.25) is 0 Å². The van der Waals surface area contributed by atoms with Gasteiger partial charge in [-0.3, -0.25) is 13.9 Å². The summed E-state index contributed by atoms with van der Waals surface area (Å²) in [6.07, 6.45) is 1.14. The first-order valence-electron chi connectivity index (χ1n) is 11.0. The molecule has 1 amide bonds. The molecule has 0 unspecified atom stereocenters. The van der Waals surface area contributed by atoms with Crippen LogP contribution in [0, 0.1) is 0 Å². The van der Waals surface area contributed by atoms with Crippen molar-refractivity contribution >= 4 is 22.6 Å². The van der Waals surface area contributed by atoms with E-state index in [1.807, 2.05) is 24.3 Å². The molecule has 0 spiro atoms. The Kier molecular flexibility index (Phi) is 6.80. The van der Waals surface area contributed by atoms with E-state index < -0.39 is 0 Å². The fourth-order valence-electron chi connectivity index (χ4n) is 4.04. The highest BCUT2D eigenvalue weighted by molar-refractivity contribution is 5.92. The second-order valence-corrected chi connectivity index (χ2v) is 8.49. The number of carbonyl (C=O) groups excluding carboxylic acids is 1.